The topological polar surface area (TPSA) is 32.7 Å². The molecule has 2 rings (SSSR count). The molecule has 2 atom stereocenters. The van der Waals surface area contributed by atoms with Gasteiger partial charge in [0.05, 0.1) is 18.8 Å². The molecule has 0 saturated carbocycles. The Hall–Kier alpha value is -1.13. The van der Waals surface area contributed by atoms with Gasteiger partial charge in [-0.2, -0.15) is 0 Å². The van der Waals surface area contributed by atoms with Gasteiger partial charge in [-0.25, -0.2) is 4.39 Å². The van der Waals surface area contributed by atoms with Gasteiger partial charge in [0.1, 0.15) is 11.6 Å². The molecule has 1 aromatic carbocycles. The average molecular weight is 281 g/mol. The Kier molecular flexibility index (Phi) is 5.38. The first-order chi connectivity index (χ1) is 9.63. The summed E-state index contributed by atoms with van der Waals surface area (Å²) in [6.45, 7) is 4.08. The maximum atomic E-state index is 13.9. The highest BCUT2D eigenvalue weighted by atomic mass is 19.1. The molecule has 1 aliphatic heterocycles. The molecule has 1 aromatic rings. The van der Waals surface area contributed by atoms with E-state index in [9.17, 15) is 9.50 Å². The van der Waals surface area contributed by atoms with Crippen LogP contribution in [0.1, 0.15) is 44.3 Å². The number of likely N-dealkylation sites (tertiary alicyclic amines) is 1. The standard InChI is InChI=1S/C16H24FNO2/c1-12-6-3-4-10-18(12)11-9-14(19)16-13(17)7-5-8-15(16)20-2/h5,7-8,12,14,19H,3-4,6,9-11H2,1-2H3. The average Bonchev–Trinajstić information content (AvgIpc) is 2.45. The first-order valence-electron chi connectivity index (χ1n) is 7.38. The van der Waals surface area contributed by atoms with Gasteiger partial charge < -0.3 is 14.7 Å². The maximum absolute atomic E-state index is 13.9. The third-order valence-corrected chi connectivity index (χ3v) is 4.20. The Morgan fingerprint density at radius 2 is 2.25 bits per heavy atom. The summed E-state index contributed by atoms with van der Waals surface area (Å²) in [4.78, 5) is 2.38. The Bertz CT molecular complexity index is 438. The van der Waals surface area contributed by atoms with Crippen molar-refractivity contribution in [2.75, 3.05) is 20.2 Å². The van der Waals surface area contributed by atoms with Gasteiger partial charge in [0, 0.05) is 12.6 Å². The fourth-order valence-corrected chi connectivity index (χ4v) is 2.94. The largest absolute Gasteiger partial charge is 0.496 e. The monoisotopic (exact) mass is 281 g/mol. The third kappa shape index (κ3) is 3.49. The van der Waals surface area contributed by atoms with Gasteiger partial charge in [0.25, 0.3) is 0 Å². The van der Waals surface area contributed by atoms with Crippen molar-refractivity contribution in [1.29, 1.82) is 0 Å². The second-order valence-electron chi connectivity index (χ2n) is 5.54. The molecule has 112 valence electrons. The minimum absolute atomic E-state index is 0.277. The highest BCUT2D eigenvalue weighted by Gasteiger charge is 2.22. The molecule has 0 amide bonds. The zero-order chi connectivity index (χ0) is 14.5. The van der Waals surface area contributed by atoms with Gasteiger partial charge in [-0.3, -0.25) is 0 Å². The predicted molar refractivity (Wildman–Crippen MR) is 77.4 cm³/mol. The van der Waals surface area contributed by atoms with Gasteiger partial charge in [0.15, 0.2) is 0 Å². The van der Waals surface area contributed by atoms with Crippen molar-refractivity contribution < 1.29 is 14.2 Å². The highest BCUT2D eigenvalue weighted by molar-refractivity contribution is 5.36. The number of piperidine rings is 1. The van der Waals surface area contributed by atoms with Crippen molar-refractivity contribution in [3.05, 3.63) is 29.6 Å². The summed E-state index contributed by atoms with van der Waals surface area (Å²) in [6, 6.07) is 5.20. The molecule has 1 heterocycles. The molecule has 0 radical (unpaired) electrons. The van der Waals surface area contributed by atoms with Gasteiger partial charge in [0.2, 0.25) is 0 Å². The second kappa shape index (κ2) is 7.04. The van der Waals surface area contributed by atoms with E-state index in [4.69, 9.17) is 4.74 Å². The predicted octanol–water partition coefficient (Wildman–Crippen LogP) is 3.13. The van der Waals surface area contributed by atoms with Crippen LogP contribution < -0.4 is 4.74 Å². The van der Waals surface area contributed by atoms with Crippen LogP contribution in [0.2, 0.25) is 0 Å². The molecule has 4 heteroatoms. The van der Waals surface area contributed by atoms with Crippen LogP contribution in [0.3, 0.4) is 0 Å². The summed E-state index contributed by atoms with van der Waals surface area (Å²) < 4.78 is 19.0. The Morgan fingerprint density at radius 3 is 2.95 bits per heavy atom. The van der Waals surface area contributed by atoms with Gasteiger partial charge in [-0.05, 0) is 44.9 Å². The number of aliphatic hydroxyl groups excluding tert-OH is 1. The van der Waals surface area contributed by atoms with E-state index in [1.165, 1.54) is 32.4 Å². The lowest BCUT2D eigenvalue weighted by molar-refractivity contribution is 0.106. The summed E-state index contributed by atoms with van der Waals surface area (Å²) >= 11 is 0. The van der Waals surface area contributed by atoms with Crippen LogP contribution in [-0.4, -0.2) is 36.2 Å². The van der Waals surface area contributed by atoms with Crippen molar-refractivity contribution in [3.63, 3.8) is 0 Å². The number of ether oxygens (including phenoxy) is 1. The van der Waals surface area contributed by atoms with Crippen molar-refractivity contribution >= 4 is 0 Å². The smallest absolute Gasteiger partial charge is 0.132 e. The maximum Gasteiger partial charge on any atom is 0.132 e. The lowest BCUT2D eigenvalue weighted by atomic mass is 10.0. The molecule has 3 nitrogen and oxygen atoms in total. The van der Waals surface area contributed by atoms with E-state index in [-0.39, 0.29) is 5.56 Å². The molecule has 2 unspecified atom stereocenters. The number of methoxy groups -OCH3 is 1. The number of aliphatic hydroxyl groups is 1. The summed E-state index contributed by atoms with van der Waals surface area (Å²) in [6.07, 6.45) is 3.41. The van der Waals surface area contributed by atoms with Crippen LogP contribution in [0.25, 0.3) is 0 Å². The Morgan fingerprint density at radius 1 is 1.45 bits per heavy atom. The van der Waals surface area contributed by atoms with E-state index in [2.05, 4.69) is 11.8 Å². The quantitative estimate of drug-likeness (QED) is 0.900. The van der Waals surface area contributed by atoms with E-state index < -0.39 is 11.9 Å². The summed E-state index contributed by atoms with van der Waals surface area (Å²) in [5.41, 5.74) is 0.277. The molecule has 0 bridgehead atoms. The van der Waals surface area contributed by atoms with Crippen LogP contribution in [0.15, 0.2) is 18.2 Å². The van der Waals surface area contributed by atoms with Crippen LogP contribution in [-0.2, 0) is 0 Å². The first kappa shape index (κ1) is 15.3. The van der Waals surface area contributed by atoms with Crippen LogP contribution in [0.5, 0.6) is 5.75 Å². The lowest BCUT2D eigenvalue weighted by Crippen LogP contribution is -2.38. The Labute approximate surface area is 120 Å². The highest BCUT2D eigenvalue weighted by Crippen LogP contribution is 2.30. The third-order valence-electron chi connectivity index (χ3n) is 4.20. The molecular formula is C16H24FNO2. The minimum Gasteiger partial charge on any atom is -0.496 e. The number of halogens is 1. The van der Waals surface area contributed by atoms with Crippen LogP contribution >= 0.6 is 0 Å². The van der Waals surface area contributed by atoms with E-state index in [0.29, 0.717) is 18.2 Å². The lowest BCUT2D eigenvalue weighted by Gasteiger charge is -2.33. The van der Waals surface area contributed by atoms with Crippen molar-refractivity contribution in [1.82, 2.24) is 4.90 Å². The number of hydrogen-bond donors (Lipinski definition) is 1. The molecule has 1 fully saturated rings. The molecule has 20 heavy (non-hydrogen) atoms. The van der Waals surface area contributed by atoms with E-state index in [0.717, 1.165) is 13.1 Å². The summed E-state index contributed by atoms with van der Waals surface area (Å²) in [7, 11) is 1.50. The Balaban J connectivity index is 1.99. The zero-order valence-corrected chi connectivity index (χ0v) is 12.3. The van der Waals surface area contributed by atoms with Crippen LogP contribution in [0.4, 0.5) is 4.39 Å². The first-order valence-corrected chi connectivity index (χ1v) is 7.38. The number of benzene rings is 1. The molecule has 1 N–H and O–H groups in total. The van der Waals surface area contributed by atoms with Gasteiger partial charge in [-0.15, -0.1) is 0 Å². The molecule has 0 aromatic heterocycles. The van der Waals surface area contributed by atoms with E-state index in [1.54, 1.807) is 12.1 Å². The van der Waals surface area contributed by atoms with E-state index in [1.807, 2.05) is 0 Å². The number of rotatable bonds is 5. The molecule has 1 saturated heterocycles. The fraction of sp³-hybridized carbons (Fsp3) is 0.625. The van der Waals surface area contributed by atoms with Crippen molar-refractivity contribution in [2.24, 2.45) is 0 Å². The van der Waals surface area contributed by atoms with Crippen molar-refractivity contribution in [2.45, 2.75) is 44.8 Å². The minimum atomic E-state index is -0.819. The van der Waals surface area contributed by atoms with E-state index >= 15 is 0 Å². The fourth-order valence-electron chi connectivity index (χ4n) is 2.94. The second-order valence-corrected chi connectivity index (χ2v) is 5.54. The summed E-state index contributed by atoms with van der Waals surface area (Å²) in [5, 5.41) is 10.3. The number of hydrogen-bond acceptors (Lipinski definition) is 3. The molecule has 0 aliphatic carbocycles. The normalized spacial score (nSPS) is 21.7. The SMILES string of the molecule is COc1cccc(F)c1C(O)CCN1CCCCC1C. The number of nitrogens with zero attached hydrogens (tertiary/aromatic N) is 1. The molecular weight excluding hydrogens is 257 g/mol. The zero-order valence-electron chi connectivity index (χ0n) is 12.3. The molecule has 1 aliphatic rings. The van der Waals surface area contributed by atoms with Crippen LogP contribution in [0, 0.1) is 5.82 Å². The van der Waals surface area contributed by atoms with Gasteiger partial charge in [-0.1, -0.05) is 12.5 Å². The van der Waals surface area contributed by atoms with Crippen molar-refractivity contribution in [3.8, 4) is 5.75 Å². The molecule has 0 spiro atoms. The summed E-state index contributed by atoms with van der Waals surface area (Å²) in [5.74, 6) is 0.0211. The van der Waals surface area contributed by atoms with Gasteiger partial charge >= 0.3 is 0 Å².